The highest BCUT2D eigenvalue weighted by Gasteiger charge is 2.62. The summed E-state index contributed by atoms with van der Waals surface area (Å²) in [4.78, 5) is 27.3. The fourth-order valence-corrected chi connectivity index (χ4v) is 6.89. The SMILES string of the molecule is O=c1n(-c2ccccc2)c(=O)n2n1C1[C@H]3c4c(-c5ccccc5)nnc(-c5ccccc5)c4[C@@H]1C[C@H]32. The zero-order valence-corrected chi connectivity index (χ0v) is 19.2. The minimum atomic E-state index is -0.273. The van der Waals surface area contributed by atoms with E-state index in [1.165, 1.54) is 10.1 Å². The molecule has 8 rings (SSSR count). The summed E-state index contributed by atoms with van der Waals surface area (Å²) in [6, 6.07) is 29.2. The highest BCUT2D eigenvalue weighted by atomic mass is 16.2. The van der Waals surface area contributed by atoms with Crippen molar-refractivity contribution in [3.8, 4) is 28.2 Å². The highest BCUT2D eigenvalue weighted by Crippen LogP contribution is 2.68. The van der Waals surface area contributed by atoms with Crippen LogP contribution in [-0.2, 0) is 0 Å². The lowest BCUT2D eigenvalue weighted by Crippen LogP contribution is -2.31. The van der Waals surface area contributed by atoms with Gasteiger partial charge in [0.2, 0.25) is 0 Å². The van der Waals surface area contributed by atoms with Crippen molar-refractivity contribution in [2.24, 2.45) is 0 Å². The van der Waals surface area contributed by atoms with E-state index >= 15 is 0 Å². The van der Waals surface area contributed by atoms with Gasteiger partial charge in [-0.3, -0.25) is 0 Å². The number of fused-ring (bicyclic) bond motifs is 4. The number of para-hydroxylation sites is 1. The van der Waals surface area contributed by atoms with Gasteiger partial charge in [-0.25, -0.2) is 23.5 Å². The molecule has 0 amide bonds. The summed E-state index contributed by atoms with van der Waals surface area (Å²) in [6.07, 6.45) is 0.820. The smallest absolute Gasteiger partial charge is 0.245 e. The maximum Gasteiger partial charge on any atom is 0.352 e. The number of hydrogen-bond acceptors (Lipinski definition) is 4. The number of benzene rings is 3. The third-order valence-corrected chi connectivity index (χ3v) is 8.16. The summed E-state index contributed by atoms with van der Waals surface area (Å²) in [5.74, 6) is 0.121. The summed E-state index contributed by atoms with van der Waals surface area (Å²) in [6.45, 7) is 0. The van der Waals surface area contributed by atoms with Crippen LogP contribution in [0.15, 0.2) is 101 Å². The Hall–Kier alpha value is -4.52. The molecule has 2 aromatic heterocycles. The van der Waals surface area contributed by atoms with E-state index in [-0.39, 0.29) is 35.3 Å². The van der Waals surface area contributed by atoms with Gasteiger partial charge in [0, 0.05) is 23.0 Å². The predicted molar refractivity (Wildman–Crippen MR) is 135 cm³/mol. The molecule has 2 aliphatic carbocycles. The van der Waals surface area contributed by atoms with Crippen molar-refractivity contribution in [2.45, 2.75) is 30.3 Å². The van der Waals surface area contributed by atoms with Crippen LogP contribution >= 0.6 is 0 Å². The van der Waals surface area contributed by atoms with Gasteiger partial charge in [-0.1, -0.05) is 78.9 Å². The second kappa shape index (κ2) is 7.01. The summed E-state index contributed by atoms with van der Waals surface area (Å²) in [5, 5.41) is 9.48. The van der Waals surface area contributed by atoms with Crippen LogP contribution in [0.4, 0.5) is 0 Å². The number of aromatic nitrogens is 5. The van der Waals surface area contributed by atoms with Gasteiger partial charge in [0.1, 0.15) is 0 Å². The third kappa shape index (κ3) is 2.37. The van der Waals surface area contributed by atoms with Crippen molar-refractivity contribution in [2.75, 3.05) is 0 Å². The van der Waals surface area contributed by atoms with Crippen LogP contribution in [0.2, 0.25) is 0 Å². The molecule has 1 unspecified atom stereocenters. The Morgan fingerprint density at radius 2 is 1.17 bits per heavy atom. The van der Waals surface area contributed by atoms with Crippen LogP contribution < -0.4 is 11.4 Å². The highest BCUT2D eigenvalue weighted by molar-refractivity contribution is 5.76. The van der Waals surface area contributed by atoms with Crippen LogP contribution in [0.25, 0.3) is 28.2 Å². The molecular weight excluding hydrogens is 450 g/mol. The van der Waals surface area contributed by atoms with Gasteiger partial charge < -0.3 is 0 Å². The van der Waals surface area contributed by atoms with Crippen molar-refractivity contribution >= 4 is 0 Å². The average Bonchev–Trinajstić information content (AvgIpc) is 3.64. The van der Waals surface area contributed by atoms with Gasteiger partial charge in [-0.2, -0.15) is 0 Å². The monoisotopic (exact) mass is 471 g/mol. The van der Waals surface area contributed by atoms with Gasteiger partial charge >= 0.3 is 11.4 Å². The molecule has 3 aromatic carbocycles. The van der Waals surface area contributed by atoms with E-state index in [9.17, 15) is 9.59 Å². The number of rotatable bonds is 3. The Kier molecular flexibility index (Phi) is 3.84. The lowest BCUT2D eigenvalue weighted by molar-refractivity contribution is 0.337. The molecule has 174 valence electrons. The molecule has 7 nitrogen and oxygen atoms in total. The molecular formula is C29H21N5O2. The molecule has 3 aliphatic rings. The standard InChI is InChI=1S/C29H21N5O2/c35-28-32(19-14-8-3-9-15-19)29(36)34-27-20-16-21(33(28)34)23(27)24-22(20)25(17-10-4-1-5-11-17)30-31-26(24)18-12-6-2-7-13-18/h1-15,20-21,23,27H,16H2/t20-,21+,23+,27?/m0/s1. The molecule has 0 N–H and O–H groups in total. The summed E-state index contributed by atoms with van der Waals surface area (Å²) in [5.41, 5.74) is 6.15. The van der Waals surface area contributed by atoms with Gasteiger partial charge in [-0.15, -0.1) is 10.2 Å². The Morgan fingerprint density at radius 3 is 1.78 bits per heavy atom. The molecule has 5 aromatic rings. The first-order chi connectivity index (χ1) is 17.7. The number of nitrogens with zero attached hydrogens (tertiary/aromatic N) is 5. The molecule has 1 fully saturated rings. The summed E-state index contributed by atoms with van der Waals surface area (Å²) < 4.78 is 4.74. The van der Waals surface area contributed by atoms with E-state index in [0.29, 0.717) is 5.69 Å². The molecule has 4 atom stereocenters. The van der Waals surface area contributed by atoms with Crippen LogP contribution in [-0.4, -0.2) is 24.1 Å². The van der Waals surface area contributed by atoms with E-state index < -0.39 is 0 Å². The van der Waals surface area contributed by atoms with Crippen molar-refractivity contribution in [1.82, 2.24) is 24.1 Å². The zero-order valence-electron chi connectivity index (χ0n) is 19.2. The first-order valence-electron chi connectivity index (χ1n) is 12.3. The third-order valence-electron chi connectivity index (χ3n) is 8.16. The maximum atomic E-state index is 13.7. The fourth-order valence-electron chi connectivity index (χ4n) is 6.89. The minimum absolute atomic E-state index is 0.0176. The van der Waals surface area contributed by atoms with Crippen molar-refractivity contribution in [3.05, 3.63) is 123 Å². The van der Waals surface area contributed by atoms with Gasteiger partial charge in [0.25, 0.3) is 0 Å². The first kappa shape index (κ1) is 19.8. The van der Waals surface area contributed by atoms with Gasteiger partial charge in [0.15, 0.2) is 0 Å². The minimum Gasteiger partial charge on any atom is -0.245 e. The van der Waals surface area contributed by atoms with Crippen LogP contribution in [0, 0.1) is 0 Å². The molecule has 3 heterocycles. The Bertz CT molecular complexity index is 1770. The van der Waals surface area contributed by atoms with Crippen LogP contribution in [0.3, 0.4) is 0 Å². The maximum absolute atomic E-state index is 13.7. The molecule has 1 saturated carbocycles. The topological polar surface area (TPSA) is 74.7 Å². The Balaban J connectivity index is 1.38. The molecule has 7 heteroatoms. The molecule has 4 bridgehead atoms. The zero-order chi connectivity index (χ0) is 24.0. The Morgan fingerprint density at radius 1 is 0.639 bits per heavy atom. The summed E-state index contributed by atoms with van der Waals surface area (Å²) >= 11 is 0. The van der Waals surface area contributed by atoms with Crippen LogP contribution in [0.5, 0.6) is 0 Å². The quantitative estimate of drug-likeness (QED) is 0.393. The first-order valence-corrected chi connectivity index (χ1v) is 12.3. The number of hydrogen-bond donors (Lipinski definition) is 0. The van der Waals surface area contributed by atoms with E-state index in [4.69, 9.17) is 10.2 Å². The van der Waals surface area contributed by atoms with Crippen LogP contribution in [0.1, 0.15) is 41.5 Å². The predicted octanol–water partition coefficient (Wildman–Crippen LogP) is 4.31. The molecule has 0 spiro atoms. The van der Waals surface area contributed by atoms with Gasteiger partial charge in [-0.05, 0) is 29.7 Å². The van der Waals surface area contributed by atoms with E-state index in [1.54, 1.807) is 21.5 Å². The second-order valence-corrected chi connectivity index (χ2v) is 9.81. The van der Waals surface area contributed by atoms with E-state index in [0.717, 1.165) is 34.5 Å². The summed E-state index contributed by atoms with van der Waals surface area (Å²) in [7, 11) is 0. The lowest BCUT2D eigenvalue weighted by Gasteiger charge is -2.28. The van der Waals surface area contributed by atoms with Crippen molar-refractivity contribution in [3.63, 3.8) is 0 Å². The van der Waals surface area contributed by atoms with Crippen molar-refractivity contribution < 1.29 is 0 Å². The molecule has 1 aliphatic heterocycles. The largest absolute Gasteiger partial charge is 0.352 e. The average molecular weight is 472 g/mol. The second-order valence-electron chi connectivity index (χ2n) is 9.81. The van der Waals surface area contributed by atoms with Crippen molar-refractivity contribution in [1.29, 1.82) is 0 Å². The molecule has 0 radical (unpaired) electrons. The fraction of sp³-hybridized carbons (Fsp3) is 0.172. The van der Waals surface area contributed by atoms with E-state index in [2.05, 4.69) is 24.3 Å². The van der Waals surface area contributed by atoms with E-state index in [1.807, 2.05) is 54.6 Å². The lowest BCUT2D eigenvalue weighted by atomic mass is 9.84. The Labute approximate surface area is 205 Å². The molecule has 0 saturated heterocycles. The van der Waals surface area contributed by atoms with Gasteiger partial charge in [0.05, 0.1) is 29.2 Å². The molecule has 36 heavy (non-hydrogen) atoms. The normalized spacial score (nSPS) is 22.6.